The lowest BCUT2D eigenvalue weighted by molar-refractivity contribution is -0.133. The van der Waals surface area contributed by atoms with Gasteiger partial charge in [-0.2, -0.15) is 5.10 Å². The molecule has 2 aromatic rings. The zero-order valence-corrected chi connectivity index (χ0v) is 13.9. The van der Waals surface area contributed by atoms with Gasteiger partial charge in [0, 0.05) is 31.2 Å². The zero-order chi connectivity index (χ0) is 17.2. The minimum absolute atomic E-state index is 0.0648. The van der Waals surface area contributed by atoms with Crippen LogP contribution in [0, 0.1) is 11.7 Å². The summed E-state index contributed by atoms with van der Waals surface area (Å²) >= 11 is 0. The predicted molar refractivity (Wildman–Crippen MR) is 92.5 cm³/mol. The Balaban J connectivity index is 1.28. The van der Waals surface area contributed by atoms with Crippen LogP contribution in [-0.2, 0) is 4.79 Å². The number of benzene rings is 1. The van der Waals surface area contributed by atoms with Gasteiger partial charge in [0.15, 0.2) is 0 Å². The van der Waals surface area contributed by atoms with Crippen molar-refractivity contribution in [3.63, 3.8) is 0 Å². The second kappa shape index (κ2) is 6.78. The fourth-order valence-electron chi connectivity index (χ4n) is 3.61. The smallest absolute Gasteiger partial charge is 0.226 e. The third-order valence-corrected chi connectivity index (χ3v) is 5.14. The molecule has 2 heterocycles. The highest BCUT2D eigenvalue weighted by molar-refractivity contribution is 5.83. The fourth-order valence-corrected chi connectivity index (χ4v) is 3.61. The molecule has 1 aromatic heterocycles. The van der Waals surface area contributed by atoms with Crippen molar-refractivity contribution in [2.45, 2.75) is 31.2 Å². The maximum absolute atomic E-state index is 13.0. The summed E-state index contributed by atoms with van der Waals surface area (Å²) in [5, 5.41) is 11.3. The number of piperidine rings is 1. The van der Waals surface area contributed by atoms with Gasteiger partial charge in [0.25, 0.3) is 0 Å². The van der Waals surface area contributed by atoms with E-state index in [0.717, 1.165) is 43.7 Å². The Morgan fingerprint density at radius 1 is 1.16 bits per heavy atom. The first-order valence-electron chi connectivity index (χ1n) is 8.79. The van der Waals surface area contributed by atoms with E-state index in [9.17, 15) is 9.18 Å². The molecule has 1 N–H and O–H groups in total. The molecule has 0 radical (unpaired) electrons. The van der Waals surface area contributed by atoms with Gasteiger partial charge in [-0.25, -0.2) is 4.39 Å². The third-order valence-electron chi connectivity index (χ3n) is 5.14. The number of aromatic nitrogens is 2. The molecule has 1 saturated carbocycles. The molecular formula is C19H21FN4O. The Morgan fingerprint density at radius 2 is 1.92 bits per heavy atom. The van der Waals surface area contributed by atoms with Gasteiger partial charge in [-0.15, -0.1) is 5.10 Å². The first kappa shape index (κ1) is 16.0. The van der Waals surface area contributed by atoms with Crippen molar-refractivity contribution >= 4 is 11.7 Å². The van der Waals surface area contributed by atoms with Crippen LogP contribution in [0.5, 0.6) is 0 Å². The summed E-state index contributed by atoms with van der Waals surface area (Å²) in [4.78, 5) is 14.7. The number of amides is 1. The maximum Gasteiger partial charge on any atom is 0.226 e. The van der Waals surface area contributed by atoms with Gasteiger partial charge < -0.3 is 10.2 Å². The molecule has 0 unspecified atom stereocenters. The van der Waals surface area contributed by atoms with Crippen LogP contribution < -0.4 is 5.32 Å². The summed E-state index contributed by atoms with van der Waals surface area (Å²) in [6.45, 7) is 1.53. The van der Waals surface area contributed by atoms with E-state index in [1.807, 2.05) is 17.0 Å². The standard InChI is InChI=1S/C19H21FN4O/c20-14-5-3-13(4-6-14)16-12-17(16)19(25)24-10-7-15(8-11-24)22-18-2-1-9-21-23-18/h1-6,9,15-17H,7-8,10-12H2,(H,22,23)/t16-,17-/m1/s1. The number of carbonyl (C=O) groups excluding carboxylic acids is 1. The zero-order valence-electron chi connectivity index (χ0n) is 13.9. The Bertz CT molecular complexity index is 729. The first-order chi connectivity index (χ1) is 12.2. The molecule has 1 aliphatic carbocycles. The number of nitrogens with zero attached hydrogens (tertiary/aromatic N) is 3. The highest BCUT2D eigenvalue weighted by atomic mass is 19.1. The largest absolute Gasteiger partial charge is 0.366 e. The summed E-state index contributed by atoms with van der Waals surface area (Å²) in [5.74, 6) is 1.11. The molecule has 4 rings (SSSR count). The quantitative estimate of drug-likeness (QED) is 0.930. The van der Waals surface area contributed by atoms with Crippen molar-refractivity contribution in [2.75, 3.05) is 18.4 Å². The molecule has 25 heavy (non-hydrogen) atoms. The second-order valence-corrected chi connectivity index (χ2v) is 6.85. The van der Waals surface area contributed by atoms with E-state index < -0.39 is 0 Å². The molecule has 5 nitrogen and oxygen atoms in total. The Labute approximate surface area is 146 Å². The number of likely N-dealkylation sites (tertiary alicyclic amines) is 1. The normalized spacial score (nSPS) is 23.3. The van der Waals surface area contributed by atoms with Gasteiger partial charge in [0.1, 0.15) is 11.6 Å². The molecule has 2 aliphatic rings. The Kier molecular flexibility index (Phi) is 4.34. The average molecular weight is 340 g/mol. The topological polar surface area (TPSA) is 58.1 Å². The van der Waals surface area contributed by atoms with Crippen LogP contribution >= 0.6 is 0 Å². The van der Waals surface area contributed by atoms with Gasteiger partial charge in [0.2, 0.25) is 5.91 Å². The van der Waals surface area contributed by atoms with Crippen molar-refractivity contribution in [1.82, 2.24) is 15.1 Å². The number of anilines is 1. The SMILES string of the molecule is O=C([C@@H]1C[C@@H]1c1ccc(F)cc1)N1CCC(Nc2cccnn2)CC1. The average Bonchev–Trinajstić information content (AvgIpc) is 3.44. The molecule has 130 valence electrons. The second-order valence-electron chi connectivity index (χ2n) is 6.85. The number of halogens is 1. The number of nitrogens with one attached hydrogen (secondary N) is 1. The highest BCUT2D eigenvalue weighted by Gasteiger charge is 2.46. The minimum Gasteiger partial charge on any atom is -0.366 e. The Morgan fingerprint density at radius 3 is 2.60 bits per heavy atom. The molecule has 2 fully saturated rings. The van der Waals surface area contributed by atoms with Crippen molar-refractivity contribution in [2.24, 2.45) is 5.92 Å². The van der Waals surface area contributed by atoms with E-state index in [1.165, 1.54) is 12.1 Å². The Hall–Kier alpha value is -2.50. The lowest BCUT2D eigenvalue weighted by Crippen LogP contribution is -2.43. The van der Waals surface area contributed by atoms with Gasteiger partial charge in [0.05, 0.1) is 0 Å². The predicted octanol–water partition coefficient (Wildman–Crippen LogP) is 2.82. The molecule has 2 atom stereocenters. The monoisotopic (exact) mass is 340 g/mol. The van der Waals surface area contributed by atoms with E-state index in [-0.39, 0.29) is 23.6 Å². The summed E-state index contributed by atoms with van der Waals surface area (Å²) in [6, 6.07) is 10.6. The van der Waals surface area contributed by atoms with Gasteiger partial charge in [-0.05, 0) is 55.0 Å². The van der Waals surface area contributed by atoms with Crippen LogP contribution in [0.1, 0.15) is 30.7 Å². The van der Waals surface area contributed by atoms with E-state index in [0.29, 0.717) is 6.04 Å². The van der Waals surface area contributed by atoms with Crippen LogP contribution in [-0.4, -0.2) is 40.1 Å². The lowest BCUT2D eigenvalue weighted by Gasteiger charge is -2.32. The summed E-state index contributed by atoms with van der Waals surface area (Å²) < 4.78 is 13.0. The number of hydrogen-bond acceptors (Lipinski definition) is 4. The van der Waals surface area contributed by atoms with E-state index in [1.54, 1.807) is 18.3 Å². The molecule has 1 aromatic carbocycles. The highest BCUT2D eigenvalue weighted by Crippen LogP contribution is 2.48. The van der Waals surface area contributed by atoms with Crippen LogP contribution in [0.4, 0.5) is 10.2 Å². The molecule has 1 aliphatic heterocycles. The number of carbonyl (C=O) groups is 1. The molecular weight excluding hydrogens is 319 g/mol. The van der Waals surface area contributed by atoms with E-state index in [2.05, 4.69) is 15.5 Å². The van der Waals surface area contributed by atoms with Crippen LogP contribution in [0.15, 0.2) is 42.6 Å². The van der Waals surface area contributed by atoms with Crippen molar-refractivity contribution < 1.29 is 9.18 Å². The van der Waals surface area contributed by atoms with Gasteiger partial charge in [-0.3, -0.25) is 4.79 Å². The molecule has 0 bridgehead atoms. The van der Waals surface area contributed by atoms with Crippen molar-refractivity contribution in [3.05, 3.63) is 54.0 Å². The molecule has 0 spiro atoms. The van der Waals surface area contributed by atoms with Gasteiger partial charge >= 0.3 is 0 Å². The minimum atomic E-state index is -0.232. The number of rotatable bonds is 4. The summed E-state index contributed by atoms with van der Waals surface area (Å²) in [6.07, 6.45) is 4.36. The summed E-state index contributed by atoms with van der Waals surface area (Å²) in [5.41, 5.74) is 1.07. The van der Waals surface area contributed by atoms with Crippen molar-refractivity contribution in [1.29, 1.82) is 0 Å². The van der Waals surface area contributed by atoms with E-state index >= 15 is 0 Å². The van der Waals surface area contributed by atoms with Gasteiger partial charge in [-0.1, -0.05) is 12.1 Å². The molecule has 6 heteroatoms. The number of hydrogen-bond donors (Lipinski definition) is 1. The lowest BCUT2D eigenvalue weighted by atomic mass is 10.0. The van der Waals surface area contributed by atoms with E-state index in [4.69, 9.17) is 0 Å². The maximum atomic E-state index is 13.0. The van der Waals surface area contributed by atoms with Crippen molar-refractivity contribution in [3.8, 4) is 0 Å². The third kappa shape index (κ3) is 3.62. The fraction of sp³-hybridized carbons (Fsp3) is 0.421. The van der Waals surface area contributed by atoms with Crippen LogP contribution in [0.2, 0.25) is 0 Å². The first-order valence-corrected chi connectivity index (χ1v) is 8.79. The molecule has 1 amide bonds. The van der Waals surface area contributed by atoms with Crippen LogP contribution in [0.25, 0.3) is 0 Å². The van der Waals surface area contributed by atoms with Crippen LogP contribution in [0.3, 0.4) is 0 Å². The summed E-state index contributed by atoms with van der Waals surface area (Å²) in [7, 11) is 0. The molecule has 1 saturated heterocycles.